The fourth-order valence-electron chi connectivity index (χ4n) is 2.26. The highest BCUT2D eigenvalue weighted by atomic mass is 16.2. The van der Waals surface area contributed by atoms with Gasteiger partial charge in [0.2, 0.25) is 0 Å². The number of hydrogen-bond donors (Lipinski definition) is 0. The minimum absolute atomic E-state index is 0.133. The smallest absolute Gasteiger partial charge is 0.254 e. The second-order valence-electron chi connectivity index (χ2n) is 4.42. The lowest BCUT2D eigenvalue weighted by atomic mass is 9.90. The number of carbonyl (C=O) groups is 1. The lowest BCUT2D eigenvalue weighted by molar-refractivity contribution is 0.0691. The molecule has 0 saturated carbocycles. The molecule has 2 nitrogen and oxygen atoms in total. The third-order valence-electron chi connectivity index (χ3n) is 3.26. The van der Waals surface area contributed by atoms with E-state index >= 15 is 0 Å². The lowest BCUT2D eigenvalue weighted by Crippen LogP contribution is -2.35. The largest absolute Gasteiger partial charge is 0.332 e. The van der Waals surface area contributed by atoms with Crippen LogP contribution in [0.5, 0.6) is 0 Å². The van der Waals surface area contributed by atoms with E-state index in [0.717, 1.165) is 5.56 Å². The van der Waals surface area contributed by atoms with E-state index in [4.69, 9.17) is 0 Å². The molecule has 1 aromatic carbocycles. The SMILES string of the molecule is Cc1cccc2c1C(C)(C)N(C)C2=O. The molecule has 74 valence electrons. The topological polar surface area (TPSA) is 20.3 Å². The molecule has 0 atom stereocenters. The van der Waals surface area contributed by atoms with Crippen LogP contribution in [-0.4, -0.2) is 17.9 Å². The van der Waals surface area contributed by atoms with Crippen molar-refractivity contribution < 1.29 is 4.79 Å². The Hall–Kier alpha value is -1.31. The molecular weight excluding hydrogens is 174 g/mol. The maximum absolute atomic E-state index is 11.9. The van der Waals surface area contributed by atoms with Gasteiger partial charge in [-0.15, -0.1) is 0 Å². The molecular formula is C12H15NO. The third kappa shape index (κ3) is 0.939. The summed E-state index contributed by atoms with van der Waals surface area (Å²) in [5, 5.41) is 0. The van der Waals surface area contributed by atoms with Gasteiger partial charge in [0.15, 0.2) is 0 Å². The summed E-state index contributed by atoms with van der Waals surface area (Å²) in [6, 6.07) is 5.92. The maximum atomic E-state index is 11.9. The molecule has 1 aromatic rings. The maximum Gasteiger partial charge on any atom is 0.254 e. The molecule has 1 amide bonds. The Balaban J connectivity index is 2.75. The molecule has 2 heteroatoms. The number of hydrogen-bond acceptors (Lipinski definition) is 1. The molecule has 0 bridgehead atoms. The average molecular weight is 189 g/mol. The fourth-order valence-corrected chi connectivity index (χ4v) is 2.26. The van der Waals surface area contributed by atoms with Gasteiger partial charge in [-0.1, -0.05) is 12.1 Å². The van der Waals surface area contributed by atoms with Gasteiger partial charge in [-0.25, -0.2) is 0 Å². The van der Waals surface area contributed by atoms with Crippen LogP contribution in [0.3, 0.4) is 0 Å². The molecule has 0 spiro atoms. The summed E-state index contributed by atoms with van der Waals surface area (Å²) >= 11 is 0. The minimum Gasteiger partial charge on any atom is -0.332 e. The Labute approximate surface area is 84.5 Å². The molecule has 2 rings (SSSR count). The van der Waals surface area contributed by atoms with E-state index in [1.807, 2.05) is 24.1 Å². The first kappa shape index (κ1) is 9.25. The van der Waals surface area contributed by atoms with Crippen LogP contribution < -0.4 is 0 Å². The van der Waals surface area contributed by atoms with Gasteiger partial charge in [-0.05, 0) is 38.0 Å². The van der Waals surface area contributed by atoms with Crippen LogP contribution in [-0.2, 0) is 5.54 Å². The van der Waals surface area contributed by atoms with E-state index in [1.54, 1.807) is 0 Å². The van der Waals surface area contributed by atoms with E-state index in [0.29, 0.717) is 0 Å². The van der Waals surface area contributed by atoms with Gasteiger partial charge in [-0.3, -0.25) is 4.79 Å². The van der Waals surface area contributed by atoms with E-state index in [9.17, 15) is 4.79 Å². The number of nitrogens with zero attached hydrogens (tertiary/aromatic N) is 1. The van der Waals surface area contributed by atoms with E-state index in [2.05, 4.69) is 26.8 Å². The summed E-state index contributed by atoms with van der Waals surface area (Å²) in [6.07, 6.45) is 0. The van der Waals surface area contributed by atoms with Crippen LogP contribution in [0.15, 0.2) is 18.2 Å². The minimum atomic E-state index is -0.169. The number of aryl methyl sites for hydroxylation is 1. The molecule has 1 heterocycles. The van der Waals surface area contributed by atoms with Crippen LogP contribution in [0.1, 0.15) is 35.3 Å². The van der Waals surface area contributed by atoms with Gasteiger partial charge < -0.3 is 4.90 Å². The van der Waals surface area contributed by atoms with Gasteiger partial charge in [0, 0.05) is 12.6 Å². The second-order valence-corrected chi connectivity index (χ2v) is 4.42. The van der Waals surface area contributed by atoms with Gasteiger partial charge in [-0.2, -0.15) is 0 Å². The molecule has 0 aliphatic carbocycles. The number of benzene rings is 1. The number of amides is 1. The van der Waals surface area contributed by atoms with Crippen LogP contribution in [0, 0.1) is 6.92 Å². The second kappa shape index (κ2) is 2.59. The summed E-state index contributed by atoms with van der Waals surface area (Å²) in [5.74, 6) is 0.133. The molecule has 0 aromatic heterocycles. The van der Waals surface area contributed by atoms with Gasteiger partial charge in [0.1, 0.15) is 0 Å². The molecule has 1 aliphatic rings. The first-order chi connectivity index (χ1) is 6.46. The van der Waals surface area contributed by atoms with Crippen LogP contribution in [0.4, 0.5) is 0 Å². The predicted molar refractivity (Wildman–Crippen MR) is 56.3 cm³/mol. The van der Waals surface area contributed by atoms with Crippen LogP contribution in [0.25, 0.3) is 0 Å². The fraction of sp³-hybridized carbons (Fsp3) is 0.417. The number of carbonyl (C=O) groups excluding carboxylic acids is 1. The molecule has 0 fully saturated rings. The highest BCUT2D eigenvalue weighted by Gasteiger charge is 2.41. The normalized spacial score (nSPS) is 18.6. The first-order valence-electron chi connectivity index (χ1n) is 4.84. The Morgan fingerprint density at radius 3 is 2.50 bits per heavy atom. The Morgan fingerprint density at radius 1 is 1.29 bits per heavy atom. The van der Waals surface area contributed by atoms with Crippen molar-refractivity contribution in [1.82, 2.24) is 4.90 Å². The van der Waals surface area contributed by atoms with Gasteiger partial charge in [0.05, 0.1) is 5.54 Å². The van der Waals surface area contributed by atoms with Gasteiger partial charge >= 0.3 is 0 Å². The Kier molecular flexibility index (Phi) is 1.71. The standard InChI is InChI=1S/C12H15NO/c1-8-6-5-7-9-10(8)12(2,3)13(4)11(9)14/h5-7H,1-4H3. The van der Waals surface area contributed by atoms with Crippen LogP contribution in [0.2, 0.25) is 0 Å². The third-order valence-corrected chi connectivity index (χ3v) is 3.26. The summed E-state index contributed by atoms with van der Waals surface area (Å²) in [4.78, 5) is 13.7. The average Bonchev–Trinajstić information content (AvgIpc) is 2.29. The van der Waals surface area contributed by atoms with Crippen molar-refractivity contribution >= 4 is 5.91 Å². The van der Waals surface area contributed by atoms with Crippen molar-refractivity contribution in [2.24, 2.45) is 0 Å². The monoisotopic (exact) mass is 189 g/mol. The zero-order valence-electron chi connectivity index (χ0n) is 9.09. The zero-order valence-corrected chi connectivity index (χ0v) is 9.09. The molecule has 14 heavy (non-hydrogen) atoms. The summed E-state index contributed by atoms with van der Waals surface area (Å²) < 4.78 is 0. The molecule has 0 saturated heterocycles. The summed E-state index contributed by atoms with van der Waals surface area (Å²) in [6.45, 7) is 6.24. The molecule has 0 N–H and O–H groups in total. The molecule has 0 unspecified atom stereocenters. The molecule has 1 aliphatic heterocycles. The zero-order chi connectivity index (χ0) is 10.5. The first-order valence-corrected chi connectivity index (χ1v) is 4.84. The van der Waals surface area contributed by atoms with Crippen molar-refractivity contribution in [1.29, 1.82) is 0 Å². The highest BCUT2D eigenvalue weighted by molar-refractivity contribution is 6.00. The Morgan fingerprint density at radius 2 is 1.93 bits per heavy atom. The lowest BCUT2D eigenvalue weighted by Gasteiger charge is -2.29. The van der Waals surface area contributed by atoms with Crippen molar-refractivity contribution in [3.8, 4) is 0 Å². The van der Waals surface area contributed by atoms with E-state index < -0.39 is 0 Å². The summed E-state index contributed by atoms with van der Waals surface area (Å²) in [7, 11) is 1.86. The van der Waals surface area contributed by atoms with Crippen molar-refractivity contribution in [3.05, 3.63) is 34.9 Å². The number of fused-ring (bicyclic) bond motifs is 1. The van der Waals surface area contributed by atoms with E-state index in [1.165, 1.54) is 11.1 Å². The number of rotatable bonds is 0. The predicted octanol–water partition coefficient (Wildman–Crippen LogP) is 2.32. The molecule has 0 radical (unpaired) electrons. The van der Waals surface area contributed by atoms with E-state index in [-0.39, 0.29) is 11.4 Å². The highest BCUT2D eigenvalue weighted by Crippen LogP contribution is 2.38. The van der Waals surface area contributed by atoms with Crippen molar-refractivity contribution in [3.63, 3.8) is 0 Å². The van der Waals surface area contributed by atoms with Gasteiger partial charge in [0.25, 0.3) is 5.91 Å². The summed E-state index contributed by atoms with van der Waals surface area (Å²) in [5.41, 5.74) is 3.06. The van der Waals surface area contributed by atoms with Crippen molar-refractivity contribution in [2.45, 2.75) is 26.3 Å². The van der Waals surface area contributed by atoms with Crippen molar-refractivity contribution in [2.75, 3.05) is 7.05 Å². The Bertz CT molecular complexity index is 407. The quantitative estimate of drug-likeness (QED) is 0.613. The van der Waals surface area contributed by atoms with Crippen LogP contribution >= 0.6 is 0 Å².